The Morgan fingerprint density at radius 3 is 2.71 bits per heavy atom. The van der Waals surface area contributed by atoms with E-state index < -0.39 is 5.91 Å². The Kier molecular flexibility index (Phi) is 3.97. The first-order valence-corrected chi connectivity index (χ1v) is 7.71. The SMILES string of the molecule is NC(=O)c1cc(Br)ccc1OCC1CC1c1ccccc1. The van der Waals surface area contributed by atoms with Crippen LogP contribution < -0.4 is 10.5 Å². The molecule has 0 heterocycles. The molecule has 2 unspecified atom stereocenters. The number of hydrogen-bond donors (Lipinski definition) is 1. The van der Waals surface area contributed by atoms with E-state index in [1.807, 2.05) is 12.1 Å². The summed E-state index contributed by atoms with van der Waals surface area (Å²) in [4.78, 5) is 11.4. The van der Waals surface area contributed by atoms with Gasteiger partial charge in [-0.3, -0.25) is 4.79 Å². The molecule has 2 atom stereocenters. The Bertz CT molecular complexity index is 657. The van der Waals surface area contributed by atoms with E-state index >= 15 is 0 Å². The largest absolute Gasteiger partial charge is 0.492 e. The third-order valence-corrected chi connectivity index (χ3v) is 4.30. The topological polar surface area (TPSA) is 52.3 Å². The molecular formula is C17H16BrNO2. The lowest BCUT2D eigenvalue weighted by atomic mass is 10.1. The summed E-state index contributed by atoms with van der Waals surface area (Å²) in [5.41, 5.74) is 7.16. The molecule has 3 rings (SSSR count). The predicted molar refractivity (Wildman–Crippen MR) is 85.4 cm³/mol. The second-order valence-electron chi connectivity index (χ2n) is 5.33. The second-order valence-corrected chi connectivity index (χ2v) is 6.24. The van der Waals surface area contributed by atoms with Gasteiger partial charge in [-0.2, -0.15) is 0 Å². The lowest BCUT2D eigenvalue weighted by molar-refractivity contribution is 0.0996. The van der Waals surface area contributed by atoms with Crippen LogP contribution in [0.5, 0.6) is 5.75 Å². The maximum atomic E-state index is 11.4. The summed E-state index contributed by atoms with van der Waals surface area (Å²) in [5.74, 6) is 1.17. The molecule has 0 radical (unpaired) electrons. The molecule has 3 nitrogen and oxygen atoms in total. The summed E-state index contributed by atoms with van der Waals surface area (Å²) < 4.78 is 6.62. The third kappa shape index (κ3) is 3.27. The Hall–Kier alpha value is -1.81. The van der Waals surface area contributed by atoms with Gasteiger partial charge in [0.25, 0.3) is 5.91 Å². The van der Waals surface area contributed by atoms with E-state index in [1.54, 1.807) is 12.1 Å². The first-order chi connectivity index (χ1) is 10.1. The number of benzene rings is 2. The first kappa shape index (κ1) is 14.1. The van der Waals surface area contributed by atoms with E-state index in [9.17, 15) is 4.79 Å². The van der Waals surface area contributed by atoms with E-state index in [0.717, 1.165) is 10.9 Å². The van der Waals surface area contributed by atoms with Crippen LogP contribution in [0.25, 0.3) is 0 Å². The maximum Gasteiger partial charge on any atom is 0.252 e. The van der Waals surface area contributed by atoms with Gasteiger partial charge in [-0.05, 0) is 36.1 Å². The van der Waals surface area contributed by atoms with Crippen molar-refractivity contribution in [1.82, 2.24) is 0 Å². The standard InChI is InChI=1S/C17H16BrNO2/c18-13-6-7-16(15(9-13)17(19)20)21-10-12-8-14(12)11-4-2-1-3-5-11/h1-7,9,12,14H,8,10H2,(H2,19,20). The van der Waals surface area contributed by atoms with Gasteiger partial charge < -0.3 is 10.5 Å². The molecule has 2 N–H and O–H groups in total. The lowest BCUT2D eigenvalue weighted by Gasteiger charge is -2.10. The number of ether oxygens (including phenoxy) is 1. The fourth-order valence-electron chi connectivity index (χ4n) is 2.56. The highest BCUT2D eigenvalue weighted by molar-refractivity contribution is 9.10. The smallest absolute Gasteiger partial charge is 0.252 e. The summed E-state index contributed by atoms with van der Waals surface area (Å²) in [6.45, 7) is 0.613. The van der Waals surface area contributed by atoms with Gasteiger partial charge in [0.15, 0.2) is 0 Å². The predicted octanol–water partition coefficient (Wildman–Crippen LogP) is 3.73. The average molecular weight is 346 g/mol. The number of nitrogens with two attached hydrogens (primary N) is 1. The fraction of sp³-hybridized carbons (Fsp3) is 0.235. The fourth-order valence-corrected chi connectivity index (χ4v) is 2.92. The van der Waals surface area contributed by atoms with Crippen LogP contribution >= 0.6 is 15.9 Å². The Balaban J connectivity index is 1.63. The molecule has 2 aromatic rings. The van der Waals surface area contributed by atoms with Crippen molar-refractivity contribution in [2.75, 3.05) is 6.61 Å². The van der Waals surface area contributed by atoms with Crippen LogP contribution in [0.15, 0.2) is 53.0 Å². The van der Waals surface area contributed by atoms with Crippen LogP contribution in [0.2, 0.25) is 0 Å². The number of carbonyl (C=O) groups is 1. The van der Waals surface area contributed by atoms with Crippen LogP contribution in [0.1, 0.15) is 28.3 Å². The van der Waals surface area contributed by atoms with Gasteiger partial charge in [-0.1, -0.05) is 46.3 Å². The lowest BCUT2D eigenvalue weighted by Crippen LogP contribution is -2.14. The molecule has 0 spiro atoms. The van der Waals surface area contributed by atoms with Crippen molar-refractivity contribution in [3.8, 4) is 5.75 Å². The molecule has 1 aliphatic carbocycles. The van der Waals surface area contributed by atoms with Crippen LogP contribution in [-0.4, -0.2) is 12.5 Å². The minimum Gasteiger partial charge on any atom is -0.492 e. The van der Waals surface area contributed by atoms with Crippen molar-refractivity contribution in [3.05, 3.63) is 64.1 Å². The number of primary amides is 1. The maximum absolute atomic E-state index is 11.4. The molecule has 4 heteroatoms. The molecule has 0 saturated heterocycles. The quantitative estimate of drug-likeness (QED) is 0.897. The zero-order valence-electron chi connectivity index (χ0n) is 11.5. The highest BCUT2D eigenvalue weighted by Crippen LogP contribution is 2.47. The van der Waals surface area contributed by atoms with E-state index in [4.69, 9.17) is 10.5 Å². The Morgan fingerprint density at radius 1 is 1.24 bits per heavy atom. The summed E-state index contributed by atoms with van der Waals surface area (Å²) in [5, 5.41) is 0. The van der Waals surface area contributed by atoms with Gasteiger partial charge in [0.1, 0.15) is 5.75 Å². The highest BCUT2D eigenvalue weighted by Gasteiger charge is 2.38. The van der Waals surface area contributed by atoms with Gasteiger partial charge in [0, 0.05) is 10.4 Å². The molecule has 0 aliphatic heterocycles. The summed E-state index contributed by atoms with van der Waals surface area (Å²) in [6.07, 6.45) is 1.13. The van der Waals surface area contributed by atoms with Gasteiger partial charge >= 0.3 is 0 Å². The number of hydrogen-bond acceptors (Lipinski definition) is 2. The second kappa shape index (κ2) is 5.90. The van der Waals surface area contributed by atoms with Crippen LogP contribution in [0.4, 0.5) is 0 Å². The molecule has 1 amide bonds. The number of halogens is 1. The minimum atomic E-state index is -0.471. The summed E-state index contributed by atoms with van der Waals surface area (Å²) in [7, 11) is 0. The van der Waals surface area contributed by atoms with Crippen molar-refractivity contribution in [1.29, 1.82) is 0 Å². The van der Waals surface area contributed by atoms with Crippen molar-refractivity contribution < 1.29 is 9.53 Å². The minimum absolute atomic E-state index is 0.418. The van der Waals surface area contributed by atoms with Crippen molar-refractivity contribution in [3.63, 3.8) is 0 Å². The molecule has 108 valence electrons. The van der Waals surface area contributed by atoms with E-state index in [0.29, 0.717) is 29.8 Å². The molecule has 2 aromatic carbocycles. The number of amides is 1. The van der Waals surface area contributed by atoms with Crippen molar-refractivity contribution in [2.45, 2.75) is 12.3 Å². The normalized spacial score (nSPS) is 20.0. The third-order valence-electron chi connectivity index (χ3n) is 3.81. The monoisotopic (exact) mass is 345 g/mol. The van der Waals surface area contributed by atoms with Gasteiger partial charge in [-0.25, -0.2) is 0 Å². The molecule has 0 aromatic heterocycles. The number of carbonyl (C=O) groups excluding carboxylic acids is 1. The first-order valence-electron chi connectivity index (χ1n) is 6.92. The summed E-state index contributed by atoms with van der Waals surface area (Å²) in [6, 6.07) is 15.8. The zero-order valence-corrected chi connectivity index (χ0v) is 13.0. The number of rotatable bonds is 5. The molecule has 0 bridgehead atoms. The molecule has 1 aliphatic rings. The Morgan fingerprint density at radius 2 is 2.00 bits per heavy atom. The molecule has 21 heavy (non-hydrogen) atoms. The van der Waals surface area contributed by atoms with Gasteiger partial charge in [0.05, 0.1) is 12.2 Å². The van der Waals surface area contributed by atoms with Crippen LogP contribution in [0.3, 0.4) is 0 Å². The Labute approximate surface area is 132 Å². The van der Waals surface area contributed by atoms with Crippen molar-refractivity contribution in [2.24, 2.45) is 11.7 Å². The zero-order chi connectivity index (χ0) is 14.8. The molecule has 1 fully saturated rings. The van der Waals surface area contributed by atoms with Crippen LogP contribution in [0, 0.1) is 5.92 Å². The van der Waals surface area contributed by atoms with Gasteiger partial charge in [0.2, 0.25) is 0 Å². The van der Waals surface area contributed by atoms with E-state index in [2.05, 4.69) is 40.2 Å². The highest BCUT2D eigenvalue weighted by atomic mass is 79.9. The van der Waals surface area contributed by atoms with Gasteiger partial charge in [-0.15, -0.1) is 0 Å². The molecule has 1 saturated carbocycles. The van der Waals surface area contributed by atoms with E-state index in [-0.39, 0.29) is 0 Å². The van der Waals surface area contributed by atoms with Crippen molar-refractivity contribution >= 4 is 21.8 Å². The summed E-state index contributed by atoms with van der Waals surface area (Å²) >= 11 is 3.33. The average Bonchev–Trinajstić information content (AvgIpc) is 3.26. The van der Waals surface area contributed by atoms with E-state index in [1.165, 1.54) is 5.56 Å². The molecular weight excluding hydrogens is 330 g/mol. The van der Waals surface area contributed by atoms with Crippen LogP contribution in [-0.2, 0) is 0 Å².